The molecule has 2 aromatic heterocycles. The van der Waals surface area contributed by atoms with E-state index >= 15 is 0 Å². The summed E-state index contributed by atoms with van der Waals surface area (Å²) in [4.78, 5) is 0. The summed E-state index contributed by atoms with van der Waals surface area (Å²) in [6, 6.07) is 53.5. The molecule has 8 aromatic rings. The van der Waals surface area contributed by atoms with Crippen LogP contribution in [0.1, 0.15) is 0 Å². The van der Waals surface area contributed by atoms with Gasteiger partial charge in [-0.1, -0.05) is 103 Å². The van der Waals surface area contributed by atoms with E-state index in [0.717, 1.165) is 0 Å². The number of benzene rings is 6. The van der Waals surface area contributed by atoms with Gasteiger partial charge in [-0.15, -0.1) is 11.3 Å². The second-order valence-electron chi connectivity index (χ2n) is 9.84. The van der Waals surface area contributed by atoms with Gasteiger partial charge in [0.25, 0.3) is 0 Å². The van der Waals surface area contributed by atoms with Crippen LogP contribution < -0.4 is 15.9 Å². The van der Waals surface area contributed by atoms with Crippen molar-refractivity contribution < 1.29 is 0 Å². The largest absolute Gasteiger partial charge is 0.309 e. The monoisotopic (exact) mass is 533 g/mol. The van der Waals surface area contributed by atoms with Crippen LogP contribution in [-0.4, -0.2) is 4.57 Å². The van der Waals surface area contributed by atoms with Gasteiger partial charge in [-0.2, -0.15) is 0 Å². The average Bonchev–Trinajstić information content (AvgIpc) is 3.53. The molecule has 0 fully saturated rings. The van der Waals surface area contributed by atoms with Gasteiger partial charge in [0, 0.05) is 36.6 Å². The molecular weight excluding hydrogens is 509 g/mol. The Morgan fingerprint density at radius 1 is 0.410 bits per heavy atom. The van der Waals surface area contributed by atoms with Gasteiger partial charge < -0.3 is 4.57 Å². The first-order valence-electron chi connectivity index (χ1n) is 13.2. The topological polar surface area (TPSA) is 4.93 Å². The Hall–Kier alpha value is -4.23. The molecule has 0 unspecified atom stereocenters. The predicted molar refractivity (Wildman–Crippen MR) is 172 cm³/mol. The fourth-order valence-corrected chi connectivity index (χ4v) is 9.22. The van der Waals surface area contributed by atoms with Gasteiger partial charge in [0.05, 0.1) is 11.0 Å². The molecule has 3 heteroatoms. The zero-order chi connectivity index (χ0) is 25.8. The minimum absolute atomic E-state index is 0.647. The summed E-state index contributed by atoms with van der Waals surface area (Å²) in [7, 11) is -0.647. The van der Waals surface area contributed by atoms with E-state index in [1.54, 1.807) is 0 Å². The Labute approximate surface area is 232 Å². The van der Waals surface area contributed by atoms with E-state index in [9.17, 15) is 0 Å². The van der Waals surface area contributed by atoms with Crippen molar-refractivity contribution in [2.24, 2.45) is 0 Å². The van der Waals surface area contributed by atoms with Crippen LogP contribution in [-0.2, 0) is 0 Å². The van der Waals surface area contributed by atoms with Crippen molar-refractivity contribution in [1.82, 2.24) is 4.57 Å². The molecule has 0 radical (unpaired) electrons. The first kappa shape index (κ1) is 22.7. The molecule has 6 aromatic carbocycles. The SMILES string of the molecule is c1ccc(P(c2ccccc2)c2ccc3sc4ccc(-n5c6ccccc6c6ccccc65)cc4c3c2)cc1. The van der Waals surface area contributed by atoms with Crippen molar-refractivity contribution in [3.8, 4) is 5.69 Å². The van der Waals surface area contributed by atoms with E-state index in [1.807, 2.05) is 11.3 Å². The highest BCUT2D eigenvalue weighted by Crippen LogP contribution is 2.40. The molecule has 1 nitrogen and oxygen atoms in total. The van der Waals surface area contributed by atoms with Crippen LogP contribution in [0.15, 0.2) is 146 Å². The third-order valence-electron chi connectivity index (χ3n) is 7.56. The molecule has 0 saturated heterocycles. The molecule has 39 heavy (non-hydrogen) atoms. The van der Waals surface area contributed by atoms with Gasteiger partial charge in [0.1, 0.15) is 0 Å². The van der Waals surface area contributed by atoms with Gasteiger partial charge in [-0.25, -0.2) is 0 Å². The number of para-hydroxylation sites is 2. The Balaban J connectivity index is 1.36. The molecule has 184 valence electrons. The first-order chi connectivity index (χ1) is 19.3. The van der Waals surface area contributed by atoms with Crippen molar-refractivity contribution >= 4 is 77.2 Å². The van der Waals surface area contributed by atoms with Crippen molar-refractivity contribution in [3.63, 3.8) is 0 Å². The zero-order valence-corrected chi connectivity index (χ0v) is 22.9. The fraction of sp³-hybridized carbons (Fsp3) is 0. The quantitative estimate of drug-likeness (QED) is 0.199. The van der Waals surface area contributed by atoms with E-state index < -0.39 is 7.92 Å². The van der Waals surface area contributed by atoms with Crippen LogP contribution in [0.4, 0.5) is 0 Å². The minimum Gasteiger partial charge on any atom is -0.309 e. The lowest BCUT2D eigenvalue weighted by Crippen LogP contribution is -2.20. The lowest BCUT2D eigenvalue weighted by molar-refractivity contribution is 1.19. The van der Waals surface area contributed by atoms with Crippen molar-refractivity contribution in [2.45, 2.75) is 0 Å². The molecule has 0 atom stereocenters. The smallest absolute Gasteiger partial charge is 0.0541 e. The summed E-state index contributed by atoms with van der Waals surface area (Å²) in [5.74, 6) is 0. The van der Waals surface area contributed by atoms with Gasteiger partial charge in [-0.05, 0) is 66.3 Å². The average molecular weight is 534 g/mol. The molecule has 0 aliphatic heterocycles. The highest BCUT2D eigenvalue weighted by atomic mass is 32.1. The van der Waals surface area contributed by atoms with Crippen LogP contribution in [0.3, 0.4) is 0 Å². The molecule has 8 rings (SSSR count). The number of rotatable bonds is 4. The number of fused-ring (bicyclic) bond motifs is 6. The summed E-state index contributed by atoms with van der Waals surface area (Å²) in [6.45, 7) is 0. The number of hydrogen-bond acceptors (Lipinski definition) is 1. The molecule has 0 aliphatic carbocycles. The lowest BCUT2D eigenvalue weighted by Gasteiger charge is -2.19. The number of nitrogens with zero attached hydrogens (tertiary/aromatic N) is 1. The van der Waals surface area contributed by atoms with Gasteiger partial charge >= 0.3 is 0 Å². The molecule has 2 heterocycles. The predicted octanol–water partition coefficient (Wildman–Crippen LogP) is 8.91. The zero-order valence-electron chi connectivity index (χ0n) is 21.2. The fourth-order valence-electron chi connectivity index (χ4n) is 5.83. The summed E-state index contributed by atoms with van der Waals surface area (Å²) in [5.41, 5.74) is 3.70. The van der Waals surface area contributed by atoms with E-state index in [1.165, 1.54) is 63.6 Å². The molecule has 0 amide bonds. The van der Waals surface area contributed by atoms with Crippen molar-refractivity contribution in [2.75, 3.05) is 0 Å². The molecular formula is C36H24NPS. The number of aromatic nitrogens is 1. The molecule has 0 spiro atoms. The summed E-state index contributed by atoms with van der Waals surface area (Å²) >= 11 is 1.88. The maximum Gasteiger partial charge on any atom is 0.0541 e. The van der Waals surface area contributed by atoms with E-state index in [-0.39, 0.29) is 0 Å². The van der Waals surface area contributed by atoms with Gasteiger partial charge in [0.2, 0.25) is 0 Å². The van der Waals surface area contributed by atoms with E-state index in [4.69, 9.17) is 0 Å². The van der Waals surface area contributed by atoms with Crippen molar-refractivity contribution in [1.29, 1.82) is 0 Å². The Bertz CT molecular complexity index is 2030. The Morgan fingerprint density at radius 2 is 0.923 bits per heavy atom. The molecule has 0 saturated carbocycles. The third kappa shape index (κ3) is 3.72. The van der Waals surface area contributed by atoms with Crippen LogP contribution >= 0.6 is 19.3 Å². The number of thiophene rings is 1. The molecule has 0 N–H and O–H groups in total. The van der Waals surface area contributed by atoms with Crippen LogP contribution in [0.5, 0.6) is 0 Å². The standard InChI is InChI=1S/C36H24NPS/c1-3-11-26(12-4-1)38(27-13-5-2-6-14-27)28-20-22-36-32(24-28)31-23-25(19-21-35(31)39-36)37-33-17-9-7-15-29(33)30-16-8-10-18-34(30)37/h1-24H. The normalized spacial score (nSPS) is 11.8. The molecule has 0 bridgehead atoms. The second-order valence-corrected chi connectivity index (χ2v) is 13.1. The van der Waals surface area contributed by atoms with Crippen LogP contribution in [0.2, 0.25) is 0 Å². The van der Waals surface area contributed by atoms with E-state index in [2.05, 4.69) is 150 Å². The highest BCUT2D eigenvalue weighted by Gasteiger charge is 2.18. The second kappa shape index (κ2) is 9.20. The van der Waals surface area contributed by atoms with Gasteiger partial charge in [-0.3, -0.25) is 0 Å². The maximum atomic E-state index is 2.45. The minimum atomic E-state index is -0.647. The molecule has 0 aliphatic rings. The summed E-state index contributed by atoms with van der Waals surface area (Å²) < 4.78 is 5.08. The Kier molecular flexibility index (Phi) is 5.36. The van der Waals surface area contributed by atoms with Gasteiger partial charge in [0.15, 0.2) is 0 Å². The van der Waals surface area contributed by atoms with E-state index in [0.29, 0.717) is 0 Å². The van der Waals surface area contributed by atoms with Crippen molar-refractivity contribution in [3.05, 3.63) is 146 Å². The summed E-state index contributed by atoms with van der Waals surface area (Å²) in [6.07, 6.45) is 0. The summed E-state index contributed by atoms with van der Waals surface area (Å²) in [5, 5.41) is 9.40. The van der Waals surface area contributed by atoms with Crippen LogP contribution in [0, 0.1) is 0 Å². The number of hydrogen-bond donors (Lipinski definition) is 0. The first-order valence-corrected chi connectivity index (χ1v) is 15.4. The maximum absolute atomic E-state index is 2.45. The van der Waals surface area contributed by atoms with Crippen LogP contribution in [0.25, 0.3) is 47.7 Å². The highest BCUT2D eigenvalue weighted by molar-refractivity contribution is 7.79. The lowest BCUT2D eigenvalue weighted by atomic mass is 10.1. The Morgan fingerprint density at radius 3 is 1.54 bits per heavy atom. The third-order valence-corrected chi connectivity index (χ3v) is 11.1.